The van der Waals surface area contributed by atoms with E-state index in [1.807, 2.05) is 0 Å². The van der Waals surface area contributed by atoms with Gasteiger partial charge in [-0.05, 0) is 43.9 Å². The largest absolute Gasteiger partial charge is 0.481 e. The van der Waals surface area contributed by atoms with Crippen molar-refractivity contribution in [3.63, 3.8) is 0 Å². The number of aromatic nitrogens is 4. The van der Waals surface area contributed by atoms with Gasteiger partial charge in [0.2, 0.25) is 0 Å². The summed E-state index contributed by atoms with van der Waals surface area (Å²) in [5.74, 6) is -1.20. The molecule has 0 radical (unpaired) electrons. The van der Waals surface area contributed by atoms with Gasteiger partial charge in [-0.3, -0.25) is 4.79 Å². The molecule has 2 heterocycles. The Morgan fingerprint density at radius 2 is 2.00 bits per heavy atom. The van der Waals surface area contributed by atoms with Crippen LogP contribution in [0.4, 0.5) is 15.9 Å². The molecular formula is C19H17ClFN5O3. The van der Waals surface area contributed by atoms with E-state index < -0.39 is 11.8 Å². The fourth-order valence-electron chi connectivity index (χ4n) is 3.27. The summed E-state index contributed by atoms with van der Waals surface area (Å²) in [5, 5.41) is 12.1. The quantitative estimate of drug-likeness (QED) is 0.641. The van der Waals surface area contributed by atoms with E-state index in [2.05, 4.69) is 25.3 Å². The van der Waals surface area contributed by atoms with Gasteiger partial charge >= 0.3 is 12.0 Å². The summed E-state index contributed by atoms with van der Waals surface area (Å²) < 4.78 is 19.2. The number of nitrogens with one attached hydrogen (secondary N) is 1. The zero-order chi connectivity index (χ0) is 20.4. The first-order chi connectivity index (χ1) is 14.0. The minimum Gasteiger partial charge on any atom is -0.481 e. The third-order valence-corrected chi connectivity index (χ3v) is 5.12. The highest BCUT2D eigenvalue weighted by atomic mass is 35.5. The summed E-state index contributed by atoms with van der Waals surface area (Å²) >= 11 is 5.83. The smallest absolute Gasteiger partial charge is 0.317 e. The number of hydrogen-bond acceptors (Lipinski definition) is 7. The molecule has 150 valence electrons. The maximum atomic E-state index is 13.4. The first-order valence-corrected chi connectivity index (χ1v) is 9.46. The Labute approximate surface area is 170 Å². The molecule has 2 aromatic heterocycles. The molecule has 0 amide bonds. The number of aliphatic carboxylic acids is 1. The lowest BCUT2D eigenvalue weighted by Gasteiger charge is -2.25. The number of halogens is 2. The standard InChI is InChI=1S/C19H17ClFN5O3/c20-13-7-11(3-6-14(13)21)25-17-16-15(23-9-24-17)8-22-19(26-16)29-12-4-1-10(2-5-12)18(27)28/h3,6-10,12H,1-2,4-5H2,(H,27,28)(H,23,24,25)/t10-,12-. The van der Waals surface area contributed by atoms with E-state index in [9.17, 15) is 9.18 Å². The van der Waals surface area contributed by atoms with Gasteiger partial charge in [0.25, 0.3) is 0 Å². The van der Waals surface area contributed by atoms with E-state index in [0.717, 1.165) is 0 Å². The highest BCUT2D eigenvalue weighted by Gasteiger charge is 2.27. The predicted molar refractivity (Wildman–Crippen MR) is 104 cm³/mol. The molecule has 0 saturated heterocycles. The van der Waals surface area contributed by atoms with Gasteiger partial charge < -0.3 is 15.2 Å². The summed E-state index contributed by atoms with van der Waals surface area (Å²) in [6.45, 7) is 0. The molecular weight excluding hydrogens is 401 g/mol. The molecule has 1 aliphatic rings. The molecule has 8 nitrogen and oxygen atoms in total. The molecule has 0 unspecified atom stereocenters. The average Bonchev–Trinajstić information content (AvgIpc) is 2.71. The van der Waals surface area contributed by atoms with Gasteiger partial charge in [0.1, 0.15) is 29.3 Å². The summed E-state index contributed by atoms with van der Waals surface area (Å²) in [6, 6.07) is 4.41. The van der Waals surface area contributed by atoms with Crippen molar-refractivity contribution in [1.29, 1.82) is 0 Å². The second-order valence-corrected chi connectivity index (χ2v) is 7.20. The number of hydrogen-bond donors (Lipinski definition) is 2. The topological polar surface area (TPSA) is 110 Å². The van der Waals surface area contributed by atoms with Crippen LogP contribution in [0.2, 0.25) is 5.02 Å². The molecule has 0 spiro atoms. The van der Waals surface area contributed by atoms with E-state index in [4.69, 9.17) is 21.4 Å². The minimum absolute atomic E-state index is 0.0102. The monoisotopic (exact) mass is 417 g/mol. The number of carboxylic acids is 1. The van der Waals surface area contributed by atoms with Crippen LogP contribution < -0.4 is 10.1 Å². The van der Waals surface area contributed by atoms with Crippen molar-refractivity contribution in [2.75, 3.05) is 5.32 Å². The van der Waals surface area contributed by atoms with Crippen molar-refractivity contribution in [1.82, 2.24) is 19.9 Å². The van der Waals surface area contributed by atoms with E-state index >= 15 is 0 Å². The van der Waals surface area contributed by atoms with Gasteiger partial charge in [0.05, 0.1) is 17.1 Å². The van der Waals surface area contributed by atoms with Crippen LogP contribution in [0.3, 0.4) is 0 Å². The van der Waals surface area contributed by atoms with E-state index in [-0.39, 0.29) is 23.1 Å². The summed E-state index contributed by atoms with van der Waals surface area (Å²) in [7, 11) is 0. The normalized spacial score (nSPS) is 19.1. The van der Waals surface area contributed by atoms with E-state index in [1.165, 1.54) is 30.7 Å². The van der Waals surface area contributed by atoms with Gasteiger partial charge in [-0.25, -0.2) is 19.3 Å². The Balaban J connectivity index is 1.54. The lowest BCUT2D eigenvalue weighted by molar-refractivity contribution is -0.143. The highest BCUT2D eigenvalue weighted by Crippen LogP contribution is 2.28. The Morgan fingerprint density at radius 1 is 1.21 bits per heavy atom. The summed E-state index contributed by atoms with van der Waals surface area (Å²) in [6.07, 6.45) is 5.15. The fourth-order valence-corrected chi connectivity index (χ4v) is 3.45. The van der Waals surface area contributed by atoms with Crippen LogP contribution in [-0.4, -0.2) is 37.1 Å². The van der Waals surface area contributed by atoms with Crippen LogP contribution in [0.25, 0.3) is 11.0 Å². The van der Waals surface area contributed by atoms with E-state index in [0.29, 0.717) is 48.2 Å². The third kappa shape index (κ3) is 4.34. The molecule has 10 heteroatoms. The Morgan fingerprint density at radius 3 is 2.72 bits per heavy atom. The van der Waals surface area contributed by atoms with E-state index in [1.54, 1.807) is 0 Å². The maximum absolute atomic E-state index is 13.4. The summed E-state index contributed by atoms with van der Waals surface area (Å²) in [4.78, 5) is 28.0. The fraction of sp³-hybridized carbons (Fsp3) is 0.316. The van der Waals surface area contributed by atoms with Crippen LogP contribution in [-0.2, 0) is 4.79 Å². The van der Waals surface area contributed by atoms with Gasteiger partial charge in [-0.15, -0.1) is 0 Å². The number of fused-ring (bicyclic) bond motifs is 1. The summed E-state index contributed by atoms with van der Waals surface area (Å²) in [5.41, 5.74) is 1.50. The number of rotatable bonds is 5. The number of benzene rings is 1. The zero-order valence-electron chi connectivity index (χ0n) is 15.2. The van der Waals surface area contributed by atoms with Crippen molar-refractivity contribution in [2.24, 2.45) is 5.92 Å². The molecule has 1 saturated carbocycles. The molecule has 1 fully saturated rings. The number of ether oxygens (including phenoxy) is 1. The second-order valence-electron chi connectivity index (χ2n) is 6.79. The van der Waals surface area contributed by atoms with Gasteiger partial charge in [-0.1, -0.05) is 11.6 Å². The van der Waals surface area contributed by atoms with Crippen molar-refractivity contribution < 1.29 is 19.0 Å². The van der Waals surface area contributed by atoms with Crippen molar-refractivity contribution >= 4 is 40.1 Å². The number of carbonyl (C=O) groups is 1. The lowest BCUT2D eigenvalue weighted by Crippen LogP contribution is -2.28. The first-order valence-electron chi connectivity index (χ1n) is 9.09. The molecule has 1 aliphatic carbocycles. The van der Waals surface area contributed by atoms with Crippen molar-refractivity contribution in [3.8, 4) is 6.01 Å². The first kappa shape index (κ1) is 19.3. The van der Waals surface area contributed by atoms with Crippen LogP contribution in [0.5, 0.6) is 6.01 Å². The van der Waals surface area contributed by atoms with Gasteiger partial charge in [0.15, 0.2) is 5.82 Å². The molecule has 4 rings (SSSR count). The van der Waals surface area contributed by atoms with Gasteiger partial charge in [-0.2, -0.15) is 4.98 Å². The maximum Gasteiger partial charge on any atom is 0.317 e. The molecule has 0 bridgehead atoms. The lowest BCUT2D eigenvalue weighted by atomic mass is 9.87. The Bertz CT molecular complexity index is 1060. The SMILES string of the molecule is O=C(O)[C@H]1CC[C@H](Oc2ncc3ncnc(Nc4ccc(F)c(Cl)c4)c3n2)CC1. The number of nitrogens with zero attached hydrogens (tertiary/aromatic N) is 4. The number of anilines is 2. The van der Waals surface area contributed by atoms with Crippen LogP contribution >= 0.6 is 11.6 Å². The Hall–Kier alpha value is -3.07. The molecule has 1 aromatic carbocycles. The van der Waals surface area contributed by atoms with Crippen LogP contribution in [0.1, 0.15) is 25.7 Å². The van der Waals surface area contributed by atoms with Crippen LogP contribution in [0.15, 0.2) is 30.7 Å². The third-order valence-electron chi connectivity index (χ3n) is 4.83. The van der Waals surface area contributed by atoms with Crippen molar-refractivity contribution in [2.45, 2.75) is 31.8 Å². The Kier molecular flexibility index (Phi) is 5.39. The molecule has 2 N–H and O–H groups in total. The minimum atomic E-state index is -0.765. The van der Waals surface area contributed by atoms with Crippen LogP contribution in [0, 0.1) is 11.7 Å². The molecule has 3 aromatic rings. The molecule has 0 atom stereocenters. The highest BCUT2D eigenvalue weighted by molar-refractivity contribution is 6.31. The average molecular weight is 418 g/mol. The zero-order valence-corrected chi connectivity index (χ0v) is 15.9. The second kappa shape index (κ2) is 8.12. The van der Waals surface area contributed by atoms with Gasteiger partial charge in [0, 0.05) is 5.69 Å². The predicted octanol–water partition coefficient (Wildman–Crippen LogP) is 3.98. The number of carboxylic acid groups (broad SMARTS) is 1. The molecule has 0 aliphatic heterocycles. The van der Waals surface area contributed by atoms with Crippen molar-refractivity contribution in [3.05, 3.63) is 41.6 Å². The molecule has 29 heavy (non-hydrogen) atoms.